The molecule has 3 N–H and O–H groups in total. The van der Waals surface area contributed by atoms with E-state index in [4.69, 9.17) is 5.73 Å². The average molecular weight is 394 g/mol. The Morgan fingerprint density at radius 2 is 1.64 bits per heavy atom. The van der Waals surface area contributed by atoms with Crippen molar-refractivity contribution in [2.24, 2.45) is 0 Å². The van der Waals surface area contributed by atoms with Gasteiger partial charge in [-0.1, -0.05) is 60.7 Å². The van der Waals surface area contributed by atoms with Gasteiger partial charge in [0.15, 0.2) is 0 Å². The Morgan fingerprint density at radius 1 is 1.04 bits per heavy atom. The van der Waals surface area contributed by atoms with Crippen LogP contribution in [0.2, 0.25) is 0 Å². The van der Waals surface area contributed by atoms with Crippen LogP contribution in [0.5, 0.6) is 0 Å². The van der Waals surface area contributed by atoms with E-state index in [-0.39, 0.29) is 11.1 Å². The summed E-state index contributed by atoms with van der Waals surface area (Å²) in [6, 6.07) is 18.7. The number of nitro groups is 1. The number of rotatable bonds is 6. The summed E-state index contributed by atoms with van der Waals surface area (Å²) < 4.78 is 1.51. The van der Waals surface area contributed by atoms with Gasteiger partial charge in [0.25, 0.3) is 5.16 Å². The molecule has 0 fully saturated rings. The third-order valence-corrected chi connectivity index (χ3v) is 4.72. The Kier molecular flexibility index (Phi) is 4.72. The van der Waals surface area contributed by atoms with Crippen LogP contribution in [-0.4, -0.2) is 34.9 Å². The molecule has 11 heteroatoms. The summed E-state index contributed by atoms with van der Waals surface area (Å²) in [5.74, 6) is -0.353. The van der Waals surface area contributed by atoms with Crippen molar-refractivity contribution in [2.75, 3.05) is 5.73 Å². The molecular formula is C17H14N8O2S. The predicted octanol–water partition coefficient (Wildman–Crippen LogP) is 2.68. The lowest BCUT2D eigenvalue weighted by Gasteiger charge is -2.16. The van der Waals surface area contributed by atoms with Crippen LogP contribution in [0.1, 0.15) is 17.2 Å². The zero-order valence-corrected chi connectivity index (χ0v) is 15.2. The van der Waals surface area contributed by atoms with Crippen molar-refractivity contribution in [3.63, 3.8) is 0 Å². The molecule has 10 nitrogen and oxygen atoms in total. The van der Waals surface area contributed by atoms with Gasteiger partial charge in [-0.05, 0) is 21.0 Å². The smallest absolute Gasteiger partial charge is 0.390 e. The molecule has 0 amide bonds. The molecule has 0 unspecified atom stereocenters. The molecule has 0 radical (unpaired) electrons. The van der Waals surface area contributed by atoms with Crippen molar-refractivity contribution in [3.05, 3.63) is 81.9 Å². The molecule has 4 aromatic rings. The minimum atomic E-state index is -0.625. The molecule has 4 rings (SSSR count). The molecular weight excluding hydrogens is 380 g/mol. The number of nitrogens with zero attached hydrogens (tertiary/aromatic N) is 6. The molecule has 2 aromatic carbocycles. The van der Waals surface area contributed by atoms with E-state index in [9.17, 15) is 10.1 Å². The molecule has 0 aliphatic heterocycles. The summed E-state index contributed by atoms with van der Waals surface area (Å²) in [6.45, 7) is 0. The summed E-state index contributed by atoms with van der Waals surface area (Å²) in [5, 5.41) is 22.5. The van der Waals surface area contributed by atoms with Crippen molar-refractivity contribution in [1.82, 2.24) is 29.9 Å². The fraction of sp³-hybridized carbons (Fsp3) is 0.0588. The van der Waals surface area contributed by atoms with Crippen LogP contribution in [-0.2, 0) is 0 Å². The lowest BCUT2D eigenvalue weighted by molar-refractivity contribution is -0.394. The molecule has 0 saturated heterocycles. The first kappa shape index (κ1) is 17.7. The monoisotopic (exact) mass is 394 g/mol. The third-order valence-electron chi connectivity index (χ3n) is 3.89. The molecule has 0 bridgehead atoms. The van der Waals surface area contributed by atoms with Crippen LogP contribution in [0.15, 0.2) is 71.0 Å². The zero-order valence-electron chi connectivity index (χ0n) is 14.3. The molecule has 140 valence electrons. The van der Waals surface area contributed by atoms with E-state index in [0.29, 0.717) is 5.16 Å². The topological polar surface area (TPSA) is 141 Å². The maximum Gasteiger partial charge on any atom is 0.492 e. The SMILES string of the molecule is Nc1nc(Sc2nc([N+](=O)[O-])nn2C(c2ccccc2)c2ccccc2)n[nH]1. The van der Waals surface area contributed by atoms with Gasteiger partial charge in [-0.15, -0.1) is 9.78 Å². The van der Waals surface area contributed by atoms with E-state index in [1.165, 1.54) is 4.68 Å². The van der Waals surface area contributed by atoms with Crippen LogP contribution in [0.3, 0.4) is 0 Å². The summed E-state index contributed by atoms with van der Waals surface area (Å²) in [7, 11) is 0. The number of hydrogen-bond donors (Lipinski definition) is 2. The molecule has 0 spiro atoms. The van der Waals surface area contributed by atoms with Crippen molar-refractivity contribution in [3.8, 4) is 0 Å². The summed E-state index contributed by atoms with van der Waals surface area (Å²) >= 11 is 1.04. The predicted molar refractivity (Wildman–Crippen MR) is 102 cm³/mol. The number of aromatic amines is 1. The fourth-order valence-electron chi connectivity index (χ4n) is 2.74. The standard InChI is InChI=1S/C17H14N8O2S/c18-14-19-16(22-21-14)28-17-20-15(25(26)27)23-24(17)13(11-7-3-1-4-8-11)12-9-5-2-6-10-12/h1-10,13H,(H3,18,19,21,22). The number of nitrogens with two attached hydrogens (primary N) is 1. The second-order valence-corrected chi connectivity index (χ2v) is 6.66. The first-order valence-corrected chi connectivity index (χ1v) is 9.00. The molecule has 2 aromatic heterocycles. The van der Waals surface area contributed by atoms with E-state index in [1.54, 1.807) is 0 Å². The highest BCUT2D eigenvalue weighted by atomic mass is 32.2. The average Bonchev–Trinajstić information content (AvgIpc) is 3.31. The normalized spacial score (nSPS) is 11.0. The molecule has 0 aliphatic carbocycles. The van der Waals surface area contributed by atoms with E-state index in [2.05, 4.69) is 25.3 Å². The Bertz CT molecular complexity index is 1060. The van der Waals surface area contributed by atoms with Crippen molar-refractivity contribution >= 4 is 23.7 Å². The molecule has 0 aliphatic rings. The Hall–Kier alpha value is -3.73. The number of hydrogen-bond acceptors (Lipinski definition) is 8. The zero-order chi connectivity index (χ0) is 19.5. The lowest BCUT2D eigenvalue weighted by atomic mass is 9.99. The number of aromatic nitrogens is 6. The van der Waals surface area contributed by atoms with Crippen LogP contribution in [0.25, 0.3) is 0 Å². The van der Waals surface area contributed by atoms with E-state index in [0.717, 1.165) is 22.9 Å². The Labute approximate surface area is 163 Å². The van der Waals surface area contributed by atoms with Gasteiger partial charge in [0.05, 0.1) is 0 Å². The molecule has 0 atom stereocenters. The number of nitrogens with one attached hydrogen (secondary N) is 1. The van der Waals surface area contributed by atoms with E-state index >= 15 is 0 Å². The highest BCUT2D eigenvalue weighted by Crippen LogP contribution is 2.33. The minimum Gasteiger partial charge on any atom is -0.390 e. The first-order valence-electron chi connectivity index (χ1n) is 8.18. The van der Waals surface area contributed by atoms with Gasteiger partial charge in [0.2, 0.25) is 11.1 Å². The minimum absolute atomic E-state index is 0.144. The summed E-state index contributed by atoms with van der Waals surface area (Å²) in [6.07, 6.45) is 0. The number of benzene rings is 2. The third kappa shape index (κ3) is 3.55. The van der Waals surface area contributed by atoms with Gasteiger partial charge in [-0.25, -0.2) is 5.10 Å². The van der Waals surface area contributed by atoms with Crippen molar-refractivity contribution < 1.29 is 4.92 Å². The Morgan fingerprint density at radius 3 is 2.14 bits per heavy atom. The highest BCUT2D eigenvalue weighted by molar-refractivity contribution is 7.99. The van der Waals surface area contributed by atoms with Gasteiger partial charge in [-0.2, -0.15) is 4.98 Å². The van der Waals surface area contributed by atoms with E-state index in [1.807, 2.05) is 60.7 Å². The van der Waals surface area contributed by atoms with Gasteiger partial charge in [0, 0.05) is 16.9 Å². The molecule has 0 saturated carbocycles. The highest BCUT2D eigenvalue weighted by Gasteiger charge is 2.30. The van der Waals surface area contributed by atoms with Gasteiger partial charge < -0.3 is 15.8 Å². The second-order valence-electron chi connectivity index (χ2n) is 5.73. The number of H-pyrrole nitrogens is 1. The van der Waals surface area contributed by atoms with Crippen molar-refractivity contribution in [2.45, 2.75) is 16.4 Å². The van der Waals surface area contributed by atoms with Crippen LogP contribution in [0, 0.1) is 10.1 Å². The number of nitrogen functional groups attached to an aromatic ring is 1. The number of anilines is 1. The Balaban J connectivity index is 1.86. The van der Waals surface area contributed by atoms with Crippen LogP contribution >= 0.6 is 11.8 Å². The lowest BCUT2D eigenvalue weighted by Crippen LogP contribution is -2.15. The molecule has 2 heterocycles. The van der Waals surface area contributed by atoms with Crippen molar-refractivity contribution in [1.29, 1.82) is 0 Å². The fourth-order valence-corrected chi connectivity index (χ4v) is 3.51. The van der Waals surface area contributed by atoms with E-state index < -0.39 is 16.9 Å². The quantitative estimate of drug-likeness (QED) is 0.375. The summed E-state index contributed by atoms with van der Waals surface area (Å²) in [5.41, 5.74) is 7.39. The van der Waals surface area contributed by atoms with Gasteiger partial charge in [0.1, 0.15) is 6.04 Å². The largest absolute Gasteiger partial charge is 0.492 e. The maximum absolute atomic E-state index is 11.3. The summed E-state index contributed by atoms with van der Waals surface area (Å²) in [4.78, 5) is 18.8. The van der Waals surface area contributed by atoms with Crippen LogP contribution < -0.4 is 5.73 Å². The molecule has 28 heavy (non-hydrogen) atoms. The second kappa shape index (κ2) is 7.48. The van der Waals surface area contributed by atoms with Gasteiger partial charge >= 0.3 is 5.95 Å². The maximum atomic E-state index is 11.3. The van der Waals surface area contributed by atoms with Crippen LogP contribution in [0.4, 0.5) is 11.9 Å². The first-order chi connectivity index (χ1) is 13.6. The van der Waals surface area contributed by atoms with Gasteiger partial charge in [-0.3, -0.25) is 0 Å².